The Kier molecular flexibility index (Phi) is 4.40. The third-order valence-corrected chi connectivity index (χ3v) is 4.45. The maximum atomic E-state index is 13.2. The number of nitrogens with one attached hydrogen (secondary N) is 1. The van der Waals surface area contributed by atoms with Gasteiger partial charge in [-0.25, -0.2) is 9.38 Å². The van der Waals surface area contributed by atoms with E-state index in [2.05, 4.69) is 26.2 Å². The third-order valence-electron chi connectivity index (χ3n) is 2.87. The molecule has 0 aliphatic carbocycles. The number of para-hydroxylation sites is 1. The molecule has 0 radical (unpaired) electrons. The van der Waals surface area contributed by atoms with E-state index in [4.69, 9.17) is 0 Å². The Labute approximate surface area is 139 Å². The molecule has 0 unspecified atom stereocenters. The molecule has 1 fully saturated rings. The molecule has 3 nitrogen and oxygen atoms in total. The molecule has 3 rings (SSSR count). The quantitative estimate of drug-likeness (QED) is 0.785. The second-order valence-electron chi connectivity index (χ2n) is 4.49. The summed E-state index contributed by atoms with van der Waals surface area (Å²) < 4.78 is 14.0. The molecule has 22 heavy (non-hydrogen) atoms. The molecule has 2 aromatic rings. The van der Waals surface area contributed by atoms with Gasteiger partial charge in [0.15, 0.2) is 5.17 Å². The SMILES string of the molecule is O=C1NC(=Nc2ccccc2Br)S/C1=C\c1cccc(F)c1. The summed E-state index contributed by atoms with van der Waals surface area (Å²) in [4.78, 5) is 16.8. The number of hydrogen-bond donors (Lipinski definition) is 1. The van der Waals surface area contributed by atoms with Crippen LogP contribution in [0.25, 0.3) is 6.08 Å². The maximum absolute atomic E-state index is 13.2. The summed E-state index contributed by atoms with van der Waals surface area (Å²) in [5, 5.41) is 3.21. The summed E-state index contributed by atoms with van der Waals surface area (Å²) in [6.45, 7) is 0. The van der Waals surface area contributed by atoms with E-state index in [1.165, 1.54) is 23.9 Å². The number of benzene rings is 2. The highest BCUT2D eigenvalue weighted by Gasteiger charge is 2.23. The molecule has 1 amide bonds. The molecule has 0 atom stereocenters. The lowest BCUT2D eigenvalue weighted by Crippen LogP contribution is -2.19. The average molecular weight is 377 g/mol. The summed E-state index contributed by atoms with van der Waals surface area (Å²) >= 11 is 4.64. The van der Waals surface area contributed by atoms with Crippen molar-refractivity contribution >= 4 is 50.5 Å². The summed E-state index contributed by atoms with van der Waals surface area (Å²) in [6.07, 6.45) is 1.64. The van der Waals surface area contributed by atoms with Gasteiger partial charge in [0.25, 0.3) is 5.91 Å². The van der Waals surface area contributed by atoms with Gasteiger partial charge in [0.2, 0.25) is 0 Å². The minimum absolute atomic E-state index is 0.236. The van der Waals surface area contributed by atoms with Gasteiger partial charge in [-0.1, -0.05) is 24.3 Å². The fourth-order valence-electron chi connectivity index (χ4n) is 1.88. The first kappa shape index (κ1) is 15.0. The van der Waals surface area contributed by atoms with E-state index < -0.39 is 0 Å². The molecule has 0 spiro atoms. The molecule has 0 aromatic heterocycles. The summed E-state index contributed by atoms with van der Waals surface area (Å²) in [5.41, 5.74) is 1.37. The van der Waals surface area contributed by atoms with Crippen molar-refractivity contribution in [1.29, 1.82) is 0 Å². The van der Waals surface area contributed by atoms with E-state index in [9.17, 15) is 9.18 Å². The Bertz CT molecular complexity index is 804. The van der Waals surface area contributed by atoms with Gasteiger partial charge in [-0.2, -0.15) is 0 Å². The summed E-state index contributed by atoms with van der Waals surface area (Å²) in [5.74, 6) is -0.570. The van der Waals surface area contributed by atoms with Crippen LogP contribution in [-0.2, 0) is 4.79 Å². The van der Waals surface area contributed by atoms with Gasteiger partial charge in [-0.05, 0) is 63.6 Å². The lowest BCUT2D eigenvalue weighted by atomic mass is 10.2. The normalized spacial score (nSPS) is 18.0. The number of carbonyl (C=O) groups excluding carboxylic acids is 1. The molecule has 6 heteroatoms. The topological polar surface area (TPSA) is 41.5 Å². The van der Waals surface area contributed by atoms with Crippen LogP contribution in [-0.4, -0.2) is 11.1 Å². The van der Waals surface area contributed by atoms with Gasteiger partial charge in [-0.3, -0.25) is 4.79 Å². The van der Waals surface area contributed by atoms with E-state index >= 15 is 0 Å². The highest BCUT2D eigenvalue weighted by atomic mass is 79.9. The van der Waals surface area contributed by atoms with Crippen LogP contribution in [0.3, 0.4) is 0 Å². The standard InChI is InChI=1S/C16H10BrFN2OS/c17-12-6-1-2-7-13(12)19-16-20-15(21)14(22-16)9-10-4-3-5-11(18)8-10/h1-9H,(H,19,20,21)/b14-9-. The predicted octanol–water partition coefficient (Wildman–Crippen LogP) is 4.48. The number of carbonyl (C=O) groups is 1. The molecule has 1 N–H and O–H groups in total. The zero-order valence-electron chi connectivity index (χ0n) is 11.2. The van der Waals surface area contributed by atoms with Crippen LogP contribution < -0.4 is 5.32 Å². The van der Waals surface area contributed by atoms with Gasteiger partial charge in [0.1, 0.15) is 5.82 Å². The largest absolute Gasteiger partial charge is 0.300 e. The number of thioether (sulfide) groups is 1. The molecule has 0 saturated carbocycles. The number of halogens is 2. The second-order valence-corrected chi connectivity index (χ2v) is 6.37. The first-order chi connectivity index (χ1) is 10.6. The van der Waals surface area contributed by atoms with Crippen molar-refractivity contribution in [2.45, 2.75) is 0 Å². The van der Waals surface area contributed by atoms with E-state index in [0.29, 0.717) is 15.6 Å². The van der Waals surface area contributed by atoms with Crippen molar-refractivity contribution in [3.8, 4) is 0 Å². The summed E-state index contributed by atoms with van der Waals surface area (Å²) in [6, 6.07) is 13.6. The predicted molar refractivity (Wildman–Crippen MR) is 91.3 cm³/mol. The summed E-state index contributed by atoms with van der Waals surface area (Å²) in [7, 11) is 0. The van der Waals surface area contributed by atoms with Crippen molar-refractivity contribution in [2.24, 2.45) is 4.99 Å². The Morgan fingerprint density at radius 2 is 2.00 bits per heavy atom. The monoisotopic (exact) mass is 376 g/mol. The molecule has 0 bridgehead atoms. The fourth-order valence-corrected chi connectivity index (χ4v) is 3.09. The van der Waals surface area contributed by atoms with Gasteiger partial charge in [0.05, 0.1) is 10.6 Å². The van der Waals surface area contributed by atoms with E-state index in [1.807, 2.05) is 24.3 Å². The van der Waals surface area contributed by atoms with E-state index in [-0.39, 0.29) is 11.7 Å². The molecule has 1 saturated heterocycles. The molecular formula is C16H10BrFN2OS. The molecule has 1 aliphatic heterocycles. The van der Waals surface area contributed by atoms with Crippen molar-refractivity contribution in [1.82, 2.24) is 5.32 Å². The Balaban J connectivity index is 1.86. The zero-order valence-corrected chi connectivity index (χ0v) is 13.6. The van der Waals surface area contributed by atoms with Crippen molar-refractivity contribution in [2.75, 3.05) is 0 Å². The van der Waals surface area contributed by atoms with Crippen LogP contribution in [0.5, 0.6) is 0 Å². The lowest BCUT2D eigenvalue weighted by molar-refractivity contribution is -0.115. The minimum Gasteiger partial charge on any atom is -0.300 e. The third kappa shape index (κ3) is 3.45. The van der Waals surface area contributed by atoms with Crippen LogP contribution >= 0.6 is 27.7 Å². The van der Waals surface area contributed by atoms with Gasteiger partial charge < -0.3 is 5.32 Å². The van der Waals surface area contributed by atoms with Gasteiger partial charge in [-0.15, -0.1) is 0 Å². The molecule has 1 aliphatic rings. The van der Waals surface area contributed by atoms with Gasteiger partial charge in [0, 0.05) is 4.47 Å². The smallest absolute Gasteiger partial charge is 0.264 e. The van der Waals surface area contributed by atoms with E-state index in [1.54, 1.807) is 18.2 Å². The van der Waals surface area contributed by atoms with Gasteiger partial charge >= 0.3 is 0 Å². The number of rotatable bonds is 2. The highest BCUT2D eigenvalue weighted by Crippen LogP contribution is 2.30. The van der Waals surface area contributed by atoms with Crippen molar-refractivity contribution in [3.05, 3.63) is 69.3 Å². The second kappa shape index (κ2) is 6.46. The molecule has 1 heterocycles. The Morgan fingerprint density at radius 1 is 1.18 bits per heavy atom. The van der Waals surface area contributed by atoms with Crippen molar-refractivity contribution < 1.29 is 9.18 Å². The molecular weight excluding hydrogens is 367 g/mol. The van der Waals surface area contributed by atoms with Crippen LogP contribution in [0, 0.1) is 5.82 Å². The number of aliphatic imine (C=N–C) groups is 1. The number of hydrogen-bond acceptors (Lipinski definition) is 3. The first-order valence-corrected chi connectivity index (χ1v) is 8.02. The minimum atomic E-state index is -0.333. The van der Waals surface area contributed by atoms with Crippen LogP contribution in [0.1, 0.15) is 5.56 Å². The van der Waals surface area contributed by atoms with Crippen LogP contribution in [0.15, 0.2) is 62.9 Å². The number of amides is 1. The van der Waals surface area contributed by atoms with Crippen LogP contribution in [0.2, 0.25) is 0 Å². The molecule has 2 aromatic carbocycles. The number of amidine groups is 1. The Morgan fingerprint density at radius 3 is 2.77 bits per heavy atom. The Hall–Kier alpha value is -1.92. The average Bonchev–Trinajstić information content (AvgIpc) is 2.81. The fraction of sp³-hybridized carbons (Fsp3) is 0. The maximum Gasteiger partial charge on any atom is 0.264 e. The highest BCUT2D eigenvalue weighted by molar-refractivity contribution is 9.10. The zero-order chi connectivity index (χ0) is 15.5. The van der Waals surface area contributed by atoms with Crippen LogP contribution in [0.4, 0.5) is 10.1 Å². The first-order valence-electron chi connectivity index (χ1n) is 6.41. The van der Waals surface area contributed by atoms with Crippen molar-refractivity contribution in [3.63, 3.8) is 0 Å². The number of nitrogens with zero attached hydrogens (tertiary/aromatic N) is 1. The molecule has 110 valence electrons. The lowest BCUT2D eigenvalue weighted by Gasteiger charge is -1.98. The van der Waals surface area contributed by atoms with E-state index in [0.717, 1.165) is 10.2 Å².